The standard InChI is InChI=1S/C27H32N4O/c1-3-25-29-17-21(18-30-25)19-31-15-9-14-27(20-31,26(32)28-2)16-23-12-7-8-13-24(23)22-10-5-4-6-11-22/h4-8,10-13,17-18H,3,9,14-16,19-20H2,1-2H3,(H,28,32)/t27-/m1/s1. The van der Waals surface area contributed by atoms with Crippen molar-refractivity contribution in [2.45, 2.75) is 39.2 Å². The van der Waals surface area contributed by atoms with E-state index in [2.05, 4.69) is 75.6 Å². The first-order valence-electron chi connectivity index (χ1n) is 11.5. The van der Waals surface area contributed by atoms with Gasteiger partial charge in [0.05, 0.1) is 5.41 Å². The van der Waals surface area contributed by atoms with Gasteiger partial charge in [0.1, 0.15) is 5.82 Å². The van der Waals surface area contributed by atoms with E-state index in [1.807, 2.05) is 18.5 Å². The number of hydrogen-bond donors (Lipinski definition) is 1. The number of carbonyl (C=O) groups excluding carboxylic acids is 1. The molecule has 1 fully saturated rings. The molecule has 0 unspecified atom stereocenters. The van der Waals surface area contributed by atoms with Gasteiger partial charge in [0.2, 0.25) is 5.91 Å². The van der Waals surface area contributed by atoms with E-state index in [0.717, 1.165) is 56.7 Å². The predicted octanol–water partition coefficient (Wildman–Crippen LogP) is 4.28. The molecule has 3 aromatic rings. The SMILES string of the molecule is CCc1ncc(CN2CCC[C@](Cc3ccccc3-c3ccccc3)(C(=O)NC)C2)cn1. The number of hydrogen-bond acceptors (Lipinski definition) is 4. The van der Waals surface area contributed by atoms with Crippen LogP contribution in [0.2, 0.25) is 0 Å². The number of aromatic nitrogens is 2. The molecule has 0 aliphatic carbocycles. The number of aryl methyl sites for hydroxylation is 1. The molecule has 166 valence electrons. The number of nitrogens with one attached hydrogen (secondary N) is 1. The van der Waals surface area contributed by atoms with Crippen LogP contribution in [0, 0.1) is 5.41 Å². The van der Waals surface area contributed by atoms with Crippen LogP contribution in [-0.2, 0) is 24.2 Å². The highest BCUT2D eigenvalue weighted by atomic mass is 16.2. The number of nitrogens with zero attached hydrogens (tertiary/aromatic N) is 3. The summed E-state index contributed by atoms with van der Waals surface area (Å²) in [6.45, 7) is 4.54. The lowest BCUT2D eigenvalue weighted by Crippen LogP contribution is -2.52. The molecule has 2 aromatic carbocycles. The molecule has 1 aliphatic heterocycles. The molecule has 0 bridgehead atoms. The van der Waals surface area contributed by atoms with Crippen molar-refractivity contribution in [1.29, 1.82) is 0 Å². The van der Waals surface area contributed by atoms with E-state index in [4.69, 9.17) is 0 Å². The highest BCUT2D eigenvalue weighted by molar-refractivity contribution is 5.83. The van der Waals surface area contributed by atoms with Crippen LogP contribution < -0.4 is 5.32 Å². The van der Waals surface area contributed by atoms with E-state index in [1.165, 1.54) is 16.7 Å². The Bertz CT molecular complexity index is 1040. The summed E-state index contributed by atoms with van der Waals surface area (Å²) in [6.07, 6.45) is 7.29. The normalized spacial score (nSPS) is 18.9. The van der Waals surface area contributed by atoms with Gasteiger partial charge >= 0.3 is 0 Å². The fourth-order valence-electron chi connectivity index (χ4n) is 4.88. The summed E-state index contributed by atoms with van der Waals surface area (Å²) in [5.74, 6) is 0.993. The minimum absolute atomic E-state index is 0.127. The number of piperidine rings is 1. The van der Waals surface area contributed by atoms with Crippen LogP contribution >= 0.6 is 0 Å². The monoisotopic (exact) mass is 428 g/mol. The lowest BCUT2D eigenvalue weighted by atomic mass is 9.73. The van der Waals surface area contributed by atoms with Crippen molar-refractivity contribution < 1.29 is 4.79 Å². The molecule has 5 heteroatoms. The van der Waals surface area contributed by atoms with Gasteiger partial charge in [-0.15, -0.1) is 0 Å². The molecule has 1 amide bonds. The Hall–Kier alpha value is -3.05. The van der Waals surface area contributed by atoms with Crippen LogP contribution in [-0.4, -0.2) is 40.9 Å². The first-order valence-corrected chi connectivity index (χ1v) is 11.5. The number of carbonyl (C=O) groups is 1. The molecule has 5 nitrogen and oxygen atoms in total. The summed E-state index contributed by atoms with van der Waals surface area (Å²) in [4.78, 5) is 24.5. The van der Waals surface area contributed by atoms with Crippen molar-refractivity contribution in [3.05, 3.63) is 83.9 Å². The van der Waals surface area contributed by atoms with Gasteiger partial charge in [-0.05, 0) is 42.5 Å². The maximum Gasteiger partial charge on any atom is 0.227 e. The third kappa shape index (κ3) is 4.89. The van der Waals surface area contributed by atoms with Gasteiger partial charge < -0.3 is 5.32 Å². The van der Waals surface area contributed by atoms with Crippen LogP contribution in [0.15, 0.2) is 67.0 Å². The average molecular weight is 429 g/mol. The van der Waals surface area contributed by atoms with Crippen molar-refractivity contribution in [2.24, 2.45) is 5.41 Å². The highest BCUT2D eigenvalue weighted by Crippen LogP contribution is 2.37. The van der Waals surface area contributed by atoms with Crippen LogP contribution in [0.5, 0.6) is 0 Å². The Balaban J connectivity index is 1.60. The second-order valence-corrected chi connectivity index (χ2v) is 8.73. The molecule has 1 aromatic heterocycles. The van der Waals surface area contributed by atoms with Gasteiger partial charge in [-0.1, -0.05) is 61.5 Å². The fraction of sp³-hybridized carbons (Fsp3) is 0.370. The molecular formula is C27H32N4O. The van der Waals surface area contributed by atoms with Crippen molar-refractivity contribution >= 4 is 5.91 Å². The summed E-state index contributed by atoms with van der Waals surface area (Å²) >= 11 is 0. The zero-order chi connectivity index (χ0) is 22.4. The summed E-state index contributed by atoms with van der Waals surface area (Å²) in [5.41, 5.74) is 4.26. The number of likely N-dealkylation sites (tertiary alicyclic amines) is 1. The van der Waals surface area contributed by atoms with Crippen molar-refractivity contribution in [3.8, 4) is 11.1 Å². The lowest BCUT2D eigenvalue weighted by Gasteiger charge is -2.42. The van der Waals surface area contributed by atoms with Crippen LogP contribution in [0.3, 0.4) is 0 Å². The molecule has 1 atom stereocenters. The summed E-state index contributed by atoms with van der Waals surface area (Å²) in [7, 11) is 1.75. The first-order chi connectivity index (χ1) is 15.6. The van der Waals surface area contributed by atoms with Gasteiger partial charge in [-0.3, -0.25) is 9.69 Å². The number of rotatable bonds is 7. The molecule has 0 spiro atoms. The van der Waals surface area contributed by atoms with E-state index in [1.54, 1.807) is 7.05 Å². The lowest BCUT2D eigenvalue weighted by molar-refractivity contribution is -0.134. The van der Waals surface area contributed by atoms with E-state index < -0.39 is 5.41 Å². The number of benzene rings is 2. The van der Waals surface area contributed by atoms with Gasteiger partial charge in [0, 0.05) is 44.5 Å². The molecule has 32 heavy (non-hydrogen) atoms. The third-order valence-corrected chi connectivity index (χ3v) is 6.48. The second kappa shape index (κ2) is 10.0. The van der Waals surface area contributed by atoms with Crippen molar-refractivity contribution in [3.63, 3.8) is 0 Å². The minimum atomic E-state index is -0.456. The Labute approximate surface area is 190 Å². The van der Waals surface area contributed by atoms with Gasteiger partial charge in [0.15, 0.2) is 0 Å². The van der Waals surface area contributed by atoms with E-state index in [0.29, 0.717) is 0 Å². The zero-order valence-corrected chi connectivity index (χ0v) is 19.1. The van der Waals surface area contributed by atoms with E-state index in [9.17, 15) is 4.79 Å². The minimum Gasteiger partial charge on any atom is -0.359 e. The van der Waals surface area contributed by atoms with Gasteiger partial charge in [0.25, 0.3) is 0 Å². The van der Waals surface area contributed by atoms with Crippen molar-refractivity contribution in [1.82, 2.24) is 20.2 Å². The average Bonchev–Trinajstić information content (AvgIpc) is 2.85. The van der Waals surface area contributed by atoms with E-state index in [-0.39, 0.29) is 5.91 Å². The largest absolute Gasteiger partial charge is 0.359 e. The Morgan fingerprint density at radius 2 is 1.78 bits per heavy atom. The summed E-state index contributed by atoms with van der Waals surface area (Å²) in [6, 6.07) is 18.9. The highest BCUT2D eigenvalue weighted by Gasteiger charge is 2.42. The predicted molar refractivity (Wildman–Crippen MR) is 128 cm³/mol. The summed E-state index contributed by atoms with van der Waals surface area (Å²) in [5, 5.41) is 2.96. The van der Waals surface area contributed by atoms with Crippen molar-refractivity contribution in [2.75, 3.05) is 20.1 Å². The molecule has 2 heterocycles. The maximum atomic E-state index is 13.3. The Morgan fingerprint density at radius 3 is 2.50 bits per heavy atom. The third-order valence-electron chi connectivity index (χ3n) is 6.48. The quantitative estimate of drug-likeness (QED) is 0.610. The molecule has 1 N–H and O–H groups in total. The molecule has 0 saturated carbocycles. The smallest absolute Gasteiger partial charge is 0.227 e. The molecular weight excluding hydrogens is 396 g/mol. The Kier molecular flexibility index (Phi) is 6.96. The Morgan fingerprint density at radius 1 is 1.06 bits per heavy atom. The zero-order valence-electron chi connectivity index (χ0n) is 19.1. The molecule has 4 rings (SSSR count). The molecule has 1 saturated heterocycles. The van der Waals surface area contributed by atoms with E-state index >= 15 is 0 Å². The molecule has 0 radical (unpaired) electrons. The second-order valence-electron chi connectivity index (χ2n) is 8.73. The first kappa shape index (κ1) is 22.2. The van der Waals surface area contributed by atoms with Crippen LogP contribution in [0.25, 0.3) is 11.1 Å². The van der Waals surface area contributed by atoms with Crippen LogP contribution in [0.4, 0.5) is 0 Å². The van der Waals surface area contributed by atoms with Crippen LogP contribution in [0.1, 0.15) is 36.7 Å². The number of amides is 1. The van der Waals surface area contributed by atoms with Gasteiger partial charge in [-0.2, -0.15) is 0 Å². The van der Waals surface area contributed by atoms with Gasteiger partial charge in [-0.25, -0.2) is 9.97 Å². The fourth-order valence-corrected chi connectivity index (χ4v) is 4.88. The maximum absolute atomic E-state index is 13.3. The summed E-state index contributed by atoms with van der Waals surface area (Å²) < 4.78 is 0. The topological polar surface area (TPSA) is 58.1 Å². The molecule has 1 aliphatic rings.